The van der Waals surface area contributed by atoms with E-state index in [-0.39, 0.29) is 30.4 Å². The topological polar surface area (TPSA) is 103 Å². The van der Waals surface area contributed by atoms with Crippen molar-refractivity contribution in [1.29, 1.82) is 0 Å². The van der Waals surface area contributed by atoms with E-state index in [4.69, 9.17) is 4.52 Å². The van der Waals surface area contributed by atoms with Gasteiger partial charge in [0.1, 0.15) is 5.82 Å². The van der Waals surface area contributed by atoms with Crippen LogP contribution in [0.3, 0.4) is 0 Å². The van der Waals surface area contributed by atoms with Crippen LogP contribution < -0.4 is 10.9 Å². The molecule has 8 nitrogen and oxygen atoms in total. The van der Waals surface area contributed by atoms with E-state index >= 15 is 0 Å². The van der Waals surface area contributed by atoms with Crippen LogP contribution in [0.4, 0.5) is 0 Å². The summed E-state index contributed by atoms with van der Waals surface area (Å²) in [6, 6.07) is 10.8. The Hall–Kier alpha value is -3.33. The highest BCUT2D eigenvalue weighted by Crippen LogP contribution is 2.10. The Balaban J connectivity index is 1.53. The number of rotatable bonds is 6. The first-order chi connectivity index (χ1) is 13.7. The molecule has 0 aliphatic carbocycles. The normalized spacial score (nSPS) is 11.0. The number of amides is 1. The Morgan fingerprint density at radius 1 is 1.21 bits per heavy atom. The lowest BCUT2D eigenvalue weighted by atomic mass is 10.2. The monoisotopic (exact) mass is 395 g/mol. The van der Waals surface area contributed by atoms with E-state index in [1.807, 2.05) is 36.6 Å². The van der Waals surface area contributed by atoms with E-state index < -0.39 is 0 Å². The van der Waals surface area contributed by atoms with E-state index in [2.05, 4.69) is 20.4 Å². The predicted octanol–water partition coefficient (Wildman–Crippen LogP) is 2.38. The third kappa shape index (κ3) is 3.56. The number of fused-ring (bicyclic) bond motifs is 1. The summed E-state index contributed by atoms with van der Waals surface area (Å²) in [6.07, 6.45) is 0.599. The number of nitrogens with zero attached hydrogens (tertiary/aromatic N) is 4. The maximum Gasteiger partial charge on any atom is 0.261 e. The van der Waals surface area contributed by atoms with Gasteiger partial charge in [0, 0.05) is 6.42 Å². The molecule has 9 heteroatoms. The van der Waals surface area contributed by atoms with Crippen molar-refractivity contribution in [3.8, 4) is 0 Å². The third-order valence-electron chi connectivity index (χ3n) is 4.21. The Bertz CT molecular complexity index is 1180. The molecule has 0 saturated heterocycles. The highest BCUT2D eigenvalue weighted by Gasteiger charge is 2.14. The first-order valence-corrected chi connectivity index (χ1v) is 9.65. The summed E-state index contributed by atoms with van der Waals surface area (Å²) in [5, 5.41) is 9.04. The maximum atomic E-state index is 12.8. The Morgan fingerprint density at radius 3 is 2.86 bits per heavy atom. The van der Waals surface area contributed by atoms with Crippen LogP contribution in [0.5, 0.6) is 0 Å². The summed E-state index contributed by atoms with van der Waals surface area (Å²) >= 11 is 1.36. The zero-order chi connectivity index (χ0) is 19.5. The molecule has 1 amide bonds. The fourth-order valence-electron chi connectivity index (χ4n) is 2.87. The minimum absolute atomic E-state index is 0.120. The first-order valence-electron chi connectivity index (χ1n) is 8.77. The van der Waals surface area contributed by atoms with Gasteiger partial charge in [-0.3, -0.25) is 14.2 Å². The minimum atomic E-state index is -0.196. The van der Waals surface area contributed by atoms with E-state index in [0.29, 0.717) is 33.8 Å². The van der Waals surface area contributed by atoms with E-state index in [1.165, 1.54) is 11.3 Å². The summed E-state index contributed by atoms with van der Waals surface area (Å²) in [4.78, 5) is 34.3. The fourth-order valence-corrected chi connectivity index (χ4v) is 3.51. The molecule has 0 aliphatic heterocycles. The smallest absolute Gasteiger partial charge is 0.261 e. The number of hydrogen-bond acceptors (Lipinski definition) is 7. The van der Waals surface area contributed by atoms with Crippen LogP contribution in [0.1, 0.15) is 34.1 Å². The molecule has 1 aromatic carbocycles. The van der Waals surface area contributed by atoms with Gasteiger partial charge in [0.05, 0.1) is 28.9 Å². The third-order valence-corrected chi connectivity index (χ3v) is 5.08. The van der Waals surface area contributed by atoms with Gasteiger partial charge in [0.25, 0.3) is 11.5 Å². The van der Waals surface area contributed by atoms with Crippen molar-refractivity contribution in [1.82, 2.24) is 25.0 Å². The molecule has 4 rings (SSSR count). The molecule has 4 aromatic rings. The van der Waals surface area contributed by atoms with E-state index in [9.17, 15) is 9.59 Å². The van der Waals surface area contributed by atoms with Gasteiger partial charge in [-0.05, 0) is 23.6 Å². The van der Waals surface area contributed by atoms with Gasteiger partial charge in [-0.15, -0.1) is 11.3 Å². The van der Waals surface area contributed by atoms with E-state index in [1.54, 1.807) is 16.7 Å². The molecule has 0 bridgehead atoms. The number of para-hydroxylation sites is 1. The van der Waals surface area contributed by atoms with Crippen molar-refractivity contribution in [3.05, 3.63) is 74.5 Å². The number of nitrogens with one attached hydrogen (secondary N) is 1. The lowest BCUT2D eigenvalue weighted by molar-refractivity contribution is 0.0950. The summed E-state index contributed by atoms with van der Waals surface area (Å²) in [6.45, 7) is 2.21. The second-order valence-corrected chi connectivity index (χ2v) is 7.00. The molecule has 0 atom stereocenters. The number of benzene rings is 1. The summed E-state index contributed by atoms with van der Waals surface area (Å²) in [5.74, 6) is 1.09. The van der Waals surface area contributed by atoms with E-state index in [0.717, 1.165) is 0 Å². The fraction of sp³-hybridized carbons (Fsp3) is 0.211. The average molecular weight is 395 g/mol. The first kappa shape index (κ1) is 18.1. The molecule has 3 aromatic heterocycles. The standard InChI is InChI=1S/C19H17N5O3S/c1-2-16-21-13-7-4-3-6-12(13)19(26)24(16)11-15-22-17(27-23-15)10-20-18(25)14-8-5-9-28-14/h3-9H,2,10-11H2,1H3,(H,20,25). The van der Waals surface area contributed by atoms with Crippen LogP contribution in [0.25, 0.3) is 10.9 Å². The maximum absolute atomic E-state index is 12.8. The van der Waals surface area contributed by atoms with Crippen LogP contribution in [0, 0.1) is 0 Å². The highest BCUT2D eigenvalue weighted by molar-refractivity contribution is 7.12. The van der Waals surface area contributed by atoms with Gasteiger partial charge >= 0.3 is 0 Å². The summed E-state index contributed by atoms with van der Waals surface area (Å²) < 4.78 is 6.75. The van der Waals surface area contributed by atoms with Gasteiger partial charge < -0.3 is 9.84 Å². The Labute approximate surface area is 163 Å². The van der Waals surface area contributed by atoms with Gasteiger partial charge in [0.15, 0.2) is 5.82 Å². The van der Waals surface area contributed by atoms with Gasteiger partial charge in [-0.2, -0.15) is 4.98 Å². The number of aromatic nitrogens is 4. The number of aryl methyl sites for hydroxylation is 1. The molecule has 0 fully saturated rings. The Morgan fingerprint density at radius 2 is 2.07 bits per heavy atom. The molecular weight excluding hydrogens is 378 g/mol. The predicted molar refractivity (Wildman–Crippen MR) is 104 cm³/mol. The lowest BCUT2D eigenvalue weighted by Gasteiger charge is -2.10. The zero-order valence-electron chi connectivity index (χ0n) is 15.1. The number of hydrogen-bond donors (Lipinski definition) is 1. The van der Waals surface area contributed by atoms with Crippen molar-refractivity contribution in [2.75, 3.05) is 0 Å². The second-order valence-electron chi connectivity index (χ2n) is 6.05. The summed E-state index contributed by atoms with van der Waals surface area (Å²) in [7, 11) is 0. The Kier molecular flexibility index (Phi) is 4.98. The lowest BCUT2D eigenvalue weighted by Crippen LogP contribution is -2.26. The molecular formula is C19H17N5O3S. The molecule has 0 spiro atoms. The van der Waals surface area contributed by atoms with Crippen molar-refractivity contribution in [3.63, 3.8) is 0 Å². The number of carbonyl (C=O) groups is 1. The van der Waals surface area contributed by atoms with Crippen molar-refractivity contribution in [2.45, 2.75) is 26.4 Å². The molecule has 28 heavy (non-hydrogen) atoms. The molecule has 1 N–H and O–H groups in total. The van der Waals surface area contributed by atoms with Crippen LogP contribution in [-0.4, -0.2) is 25.6 Å². The minimum Gasteiger partial charge on any atom is -0.342 e. The van der Waals surface area contributed by atoms with Crippen LogP contribution in [0.15, 0.2) is 51.1 Å². The van der Waals surface area contributed by atoms with Gasteiger partial charge in [-0.25, -0.2) is 4.98 Å². The largest absolute Gasteiger partial charge is 0.342 e. The molecule has 0 aliphatic rings. The number of thiophene rings is 1. The quantitative estimate of drug-likeness (QED) is 0.538. The molecule has 0 unspecified atom stereocenters. The number of carbonyl (C=O) groups excluding carboxylic acids is 1. The SMILES string of the molecule is CCc1nc2ccccc2c(=O)n1Cc1noc(CNC(=O)c2cccs2)n1. The highest BCUT2D eigenvalue weighted by atomic mass is 32.1. The average Bonchev–Trinajstić information content (AvgIpc) is 3.40. The molecule has 142 valence electrons. The molecule has 0 radical (unpaired) electrons. The van der Waals surface area contributed by atoms with Crippen LogP contribution in [-0.2, 0) is 19.5 Å². The molecule has 3 heterocycles. The van der Waals surface area contributed by atoms with Crippen molar-refractivity contribution < 1.29 is 9.32 Å². The summed E-state index contributed by atoms with van der Waals surface area (Å²) in [5.41, 5.74) is 0.533. The van der Waals surface area contributed by atoms with Crippen LogP contribution >= 0.6 is 11.3 Å². The van der Waals surface area contributed by atoms with Gasteiger partial charge in [0.2, 0.25) is 5.89 Å². The zero-order valence-corrected chi connectivity index (χ0v) is 15.9. The second kappa shape index (κ2) is 7.73. The van der Waals surface area contributed by atoms with Crippen molar-refractivity contribution in [2.24, 2.45) is 0 Å². The van der Waals surface area contributed by atoms with Crippen molar-refractivity contribution >= 4 is 28.1 Å². The van der Waals surface area contributed by atoms with Gasteiger partial charge in [-0.1, -0.05) is 30.3 Å². The van der Waals surface area contributed by atoms with Crippen LogP contribution in [0.2, 0.25) is 0 Å². The molecule has 0 saturated carbocycles.